The van der Waals surface area contributed by atoms with E-state index in [1.165, 1.54) is 10.7 Å². The van der Waals surface area contributed by atoms with Crippen LogP contribution in [0.2, 0.25) is 0 Å². The normalized spacial score (nSPS) is 11.8. The van der Waals surface area contributed by atoms with E-state index in [-0.39, 0.29) is 6.54 Å². The lowest BCUT2D eigenvalue weighted by Gasteiger charge is -2.08. The molecule has 0 saturated heterocycles. The second-order valence-corrected chi connectivity index (χ2v) is 3.96. The van der Waals surface area contributed by atoms with Crippen LogP contribution in [-0.4, -0.2) is 9.78 Å². The number of halogens is 3. The predicted molar refractivity (Wildman–Crippen MR) is 61.5 cm³/mol. The van der Waals surface area contributed by atoms with Crippen molar-refractivity contribution in [2.75, 3.05) is 0 Å². The number of alkyl halides is 3. The predicted octanol–water partition coefficient (Wildman–Crippen LogP) is 2.56. The summed E-state index contributed by atoms with van der Waals surface area (Å²) >= 11 is 0. The number of nitrogens with zero attached hydrogens (tertiary/aromatic N) is 2. The number of rotatable bonds is 2. The van der Waals surface area contributed by atoms with Crippen molar-refractivity contribution in [1.82, 2.24) is 9.78 Å². The first kappa shape index (κ1) is 12.6. The molecule has 0 fully saturated rings. The molecule has 96 valence electrons. The van der Waals surface area contributed by atoms with Crippen molar-refractivity contribution >= 4 is 0 Å². The van der Waals surface area contributed by atoms with E-state index in [9.17, 15) is 13.2 Å². The van der Waals surface area contributed by atoms with Crippen molar-refractivity contribution in [2.24, 2.45) is 12.8 Å². The molecule has 0 aliphatic carbocycles. The van der Waals surface area contributed by atoms with Crippen LogP contribution < -0.4 is 5.73 Å². The molecule has 2 aromatic rings. The molecule has 0 aliphatic rings. The minimum absolute atomic E-state index is 0.236. The highest BCUT2D eigenvalue weighted by molar-refractivity contribution is 5.63. The Hall–Kier alpha value is -1.82. The van der Waals surface area contributed by atoms with Gasteiger partial charge in [-0.25, -0.2) is 0 Å². The fraction of sp³-hybridized carbons (Fsp3) is 0.250. The van der Waals surface area contributed by atoms with E-state index in [2.05, 4.69) is 5.10 Å². The Balaban J connectivity index is 2.51. The van der Waals surface area contributed by atoms with Gasteiger partial charge in [-0.2, -0.15) is 18.3 Å². The molecule has 2 rings (SSSR count). The standard InChI is InChI=1S/C12H12F3N3/c1-18-7-9(6-16)11(17-18)8-3-2-4-10(5-8)12(13,14)15/h2-5,7H,6,16H2,1H3. The van der Waals surface area contributed by atoms with E-state index in [0.29, 0.717) is 11.3 Å². The Labute approximate surface area is 102 Å². The van der Waals surface area contributed by atoms with Crippen molar-refractivity contribution in [3.63, 3.8) is 0 Å². The topological polar surface area (TPSA) is 43.8 Å². The molecule has 6 heteroatoms. The highest BCUT2D eigenvalue weighted by Crippen LogP contribution is 2.32. The highest BCUT2D eigenvalue weighted by atomic mass is 19.4. The van der Waals surface area contributed by atoms with E-state index in [4.69, 9.17) is 5.73 Å². The van der Waals surface area contributed by atoms with Crippen LogP contribution >= 0.6 is 0 Å². The maximum atomic E-state index is 12.6. The maximum Gasteiger partial charge on any atom is 0.416 e. The monoisotopic (exact) mass is 255 g/mol. The third kappa shape index (κ3) is 2.38. The number of aromatic nitrogens is 2. The van der Waals surface area contributed by atoms with Gasteiger partial charge in [-0.05, 0) is 12.1 Å². The highest BCUT2D eigenvalue weighted by Gasteiger charge is 2.30. The molecule has 0 unspecified atom stereocenters. The first-order valence-electron chi connectivity index (χ1n) is 5.32. The smallest absolute Gasteiger partial charge is 0.326 e. The Morgan fingerprint density at radius 1 is 1.33 bits per heavy atom. The lowest BCUT2D eigenvalue weighted by molar-refractivity contribution is -0.137. The second-order valence-electron chi connectivity index (χ2n) is 3.96. The number of nitrogens with two attached hydrogens (primary N) is 1. The zero-order chi connectivity index (χ0) is 13.3. The van der Waals surface area contributed by atoms with Crippen molar-refractivity contribution in [2.45, 2.75) is 12.7 Å². The molecule has 0 spiro atoms. The molecule has 0 atom stereocenters. The quantitative estimate of drug-likeness (QED) is 0.896. The van der Waals surface area contributed by atoms with Crippen LogP contribution in [0.5, 0.6) is 0 Å². The summed E-state index contributed by atoms with van der Waals surface area (Å²) in [6, 6.07) is 5.08. The van der Waals surface area contributed by atoms with Crippen LogP contribution in [0.15, 0.2) is 30.5 Å². The van der Waals surface area contributed by atoms with Crippen LogP contribution in [0.25, 0.3) is 11.3 Å². The van der Waals surface area contributed by atoms with Crippen LogP contribution in [0.1, 0.15) is 11.1 Å². The maximum absolute atomic E-state index is 12.6. The molecule has 18 heavy (non-hydrogen) atoms. The zero-order valence-electron chi connectivity index (χ0n) is 9.70. The zero-order valence-corrected chi connectivity index (χ0v) is 9.70. The minimum atomic E-state index is -4.35. The van der Waals surface area contributed by atoms with Gasteiger partial charge in [0.2, 0.25) is 0 Å². The summed E-state index contributed by atoms with van der Waals surface area (Å²) in [5.74, 6) is 0. The summed E-state index contributed by atoms with van der Waals surface area (Å²) in [6.07, 6.45) is -2.65. The summed E-state index contributed by atoms with van der Waals surface area (Å²) in [5, 5.41) is 4.14. The molecule has 1 aromatic carbocycles. The van der Waals surface area contributed by atoms with Gasteiger partial charge in [0.1, 0.15) is 0 Å². The number of aryl methyl sites for hydroxylation is 1. The number of hydrogen-bond donors (Lipinski definition) is 1. The lowest BCUT2D eigenvalue weighted by atomic mass is 10.1. The molecule has 0 bridgehead atoms. The van der Waals surface area contributed by atoms with Crippen molar-refractivity contribution in [3.05, 3.63) is 41.6 Å². The van der Waals surface area contributed by atoms with Crippen molar-refractivity contribution < 1.29 is 13.2 Å². The number of hydrogen-bond acceptors (Lipinski definition) is 2. The molecular formula is C12H12F3N3. The van der Waals surface area contributed by atoms with Gasteiger partial charge in [0.05, 0.1) is 11.3 Å². The summed E-state index contributed by atoms with van der Waals surface area (Å²) in [6.45, 7) is 0.236. The molecule has 0 radical (unpaired) electrons. The molecule has 2 N–H and O–H groups in total. The van der Waals surface area contributed by atoms with Crippen molar-refractivity contribution in [1.29, 1.82) is 0 Å². The van der Waals surface area contributed by atoms with E-state index in [1.807, 2.05) is 0 Å². The second kappa shape index (κ2) is 4.45. The van der Waals surface area contributed by atoms with E-state index in [1.54, 1.807) is 19.3 Å². The van der Waals surface area contributed by atoms with Gasteiger partial charge in [-0.15, -0.1) is 0 Å². The fourth-order valence-electron chi connectivity index (χ4n) is 1.77. The Kier molecular flexibility index (Phi) is 3.13. The van der Waals surface area contributed by atoms with Gasteiger partial charge < -0.3 is 5.73 Å². The SMILES string of the molecule is Cn1cc(CN)c(-c2cccc(C(F)(F)F)c2)n1. The molecule has 1 aromatic heterocycles. The summed E-state index contributed by atoms with van der Waals surface area (Å²) in [7, 11) is 1.70. The first-order chi connectivity index (χ1) is 8.41. The minimum Gasteiger partial charge on any atom is -0.326 e. The Morgan fingerprint density at radius 3 is 2.67 bits per heavy atom. The van der Waals surface area contributed by atoms with Crippen LogP contribution in [-0.2, 0) is 19.8 Å². The lowest BCUT2D eigenvalue weighted by Crippen LogP contribution is -2.05. The van der Waals surface area contributed by atoms with Gasteiger partial charge >= 0.3 is 6.18 Å². The van der Waals surface area contributed by atoms with Crippen LogP contribution in [0.3, 0.4) is 0 Å². The first-order valence-corrected chi connectivity index (χ1v) is 5.32. The van der Waals surface area contributed by atoms with Crippen molar-refractivity contribution in [3.8, 4) is 11.3 Å². The average molecular weight is 255 g/mol. The third-order valence-corrected chi connectivity index (χ3v) is 2.59. The van der Waals surface area contributed by atoms with Gasteiger partial charge in [-0.3, -0.25) is 4.68 Å². The Bertz CT molecular complexity index is 558. The average Bonchev–Trinajstić information content (AvgIpc) is 2.69. The van der Waals surface area contributed by atoms with Gasteiger partial charge in [-0.1, -0.05) is 12.1 Å². The third-order valence-electron chi connectivity index (χ3n) is 2.59. The summed E-state index contributed by atoms with van der Waals surface area (Å²) < 4.78 is 39.4. The van der Waals surface area contributed by atoms with E-state index >= 15 is 0 Å². The molecule has 3 nitrogen and oxygen atoms in total. The molecule has 0 saturated carbocycles. The van der Waals surface area contributed by atoms with E-state index < -0.39 is 11.7 Å². The molecule has 1 heterocycles. The van der Waals surface area contributed by atoms with Crippen LogP contribution in [0, 0.1) is 0 Å². The van der Waals surface area contributed by atoms with Crippen LogP contribution in [0.4, 0.5) is 13.2 Å². The summed E-state index contributed by atoms with van der Waals surface area (Å²) in [4.78, 5) is 0. The molecule has 0 amide bonds. The van der Waals surface area contributed by atoms with Gasteiger partial charge in [0, 0.05) is 30.9 Å². The molecule has 0 aliphatic heterocycles. The molecular weight excluding hydrogens is 243 g/mol. The fourth-order valence-corrected chi connectivity index (χ4v) is 1.77. The summed E-state index contributed by atoms with van der Waals surface area (Å²) in [5.41, 5.74) is 6.50. The largest absolute Gasteiger partial charge is 0.416 e. The number of benzene rings is 1. The Morgan fingerprint density at radius 2 is 2.06 bits per heavy atom. The van der Waals surface area contributed by atoms with Gasteiger partial charge in [0.15, 0.2) is 0 Å². The van der Waals surface area contributed by atoms with Gasteiger partial charge in [0.25, 0.3) is 0 Å². The van der Waals surface area contributed by atoms with E-state index in [0.717, 1.165) is 17.7 Å².